The minimum absolute atomic E-state index is 0.0137. The summed E-state index contributed by atoms with van der Waals surface area (Å²) in [5, 5.41) is 3.02. The molecule has 4 heterocycles. The van der Waals surface area contributed by atoms with Crippen molar-refractivity contribution in [2.75, 3.05) is 26.2 Å². The van der Waals surface area contributed by atoms with Crippen molar-refractivity contribution < 1.29 is 18.7 Å². The van der Waals surface area contributed by atoms with Crippen molar-refractivity contribution in [1.29, 1.82) is 0 Å². The van der Waals surface area contributed by atoms with Gasteiger partial charge in [-0.3, -0.25) is 4.90 Å². The Hall–Kier alpha value is -2.60. The molecular formula is C23H25FN2O3. The lowest BCUT2D eigenvalue weighted by Gasteiger charge is -2.44. The fraction of sp³-hybridized carbons (Fsp3) is 0.435. The third-order valence-corrected chi connectivity index (χ3v) is 6.38. The van der Waals surface area contributed by atoms with Crippen molar-refractivity contribution in [2.45, 2.75) is 31.4 Å². The lowest BCUT2D eigenvalue weighted by atomic mass is 9.86. The molecule has 1 N–H and O–H groups in total. The number of halogens is 1. The maximum atomic E-state index is 14.1. The van der Waals surface area contributed by atoms with E-state index in [9.17, 15) is 9.18 Å². The molecule has 3 fully saturated rings. The van der Waals surface area contributed by atoms with Crippen LogP contribution in [0.2, 0.25) is 0 Å². The number of carbonyl (C=O) groups is 1. The van der Waals surface area contributed by atoms with E-state index in [1.165, 1.54) is 6.07 Å². The fourth-order valence-electron chi connectivity index (χ4n) is 4.76. The molecule has 0 aliphatic carbocycles. The first kappa shape index (κ1) is 18.4. The first-order valence-electron chi connectivity index (χ1n) is 10.4. The molecule has 2 aromatic carbocycles. The highest BCUT2D eigenvalue weighted by Gasteiger charge is 2.37. The molecule has 5 nitrogen and oxygen atoms in total. The number of alkyl carbamates (subject to hydrolysis) is 1. The van der Waals surface area contributed by atoms with Crippen LogP contribution in [-0.4, -0.2) is 43.3 Å². The molecule has 0 radical (unpaired) electrons. The van der Waals surface area contributed by atoms with Crippen LogP contribution in [0, 0.1) is 11.7 Å². The zero-order valence-electron chi connectivity index (χ0n) is 16.3. The number of benzene rings is 2. The maximum absolute atomic E-state index is 14.1. The third kappa shape index (κ3) is 3.69. The van der Waals surface area contributed by atoms with Gasteiger partial charge in [0, 0.05) is 24.1 Å². The first-order valence-corrected chi connectivity index (χ1v) is 10.4. The van der Waals surface area contributed by atoms with Crippen molar-refractivity contribution in [1.82, 2.24) is 10.2 Å². The molecule has 0 saturated carbocycles. The normalized spacial score (nSPS) is 27.6. The van der Waals surface area contributed by atoms with Crippen LogP contribution in [0.1, 0.15) is 30.9 Å². The van der Waals surface area contributed by atoms with Crippen LogP contribution in [0.5, 0.6) is 5.75 Å². The van der Waals surface area contributed by atoms with Crippen molar-refractivity contribution in [2.24, 2.45) is 5.92 Å². The SMILES string of the molecule is O=C(NC1CCOc2cc(-c3ccccc3F)ccc21)O[C@H]1CN2CCC1CC2. The summed E-state index contributed by atoms with van der Waals surface area (Å²) in [4.78, 5) is 14.9. The average molecular weight is 396 g/mol. The van der Waals surface area contributed by atoms with Gasteiger partial charge in [0.2, 0.25) is 0 Å². The molecular weight excluding hydrogens is 371 g/mol. The van der Waals surface area contributed by atoms with Gasteiger partial charge in [-0.1, -0.05) is 30.3 Å². The number of hydrogen-bond acceptors (Lipinski definition) is 4. The second-order valence-corrected chi connectivity index (χ2v) is 8.15. The van der Waals surface area contributed by atoms with E-state index in [2.05, 4.69) is 10.2 Å². The van der Waals surface area contributed by atoms with Gasteiger partial charge in [-0.2, -0.15) is 0 Å². The van der Waals surface area contributed by atoms with Crippen molar-refractivity contribution in [3.05, 3.63) is 53.8 Å². The predicted octanol–water partition coefficient (Wildman–Crippen LogP) is 4.14. The van der Waals surface area contributed by atoms with Gasteiger partial charge >= 0.3 is 6.09 Å². The number of nitrogens with one attached hydrogen (secondary N) is 1. The maximum Gasteiger partial charge on any atom is 0.407 e. The number of rotatable bonds is 3. The summed E-state index contributed by atoms with van der Waals surface area (Å²) in [6.07, 6.45) is 2.52. The highest BCUT2D eigenvalue weighted by Crippen LogP contribution is 2.36. The summed E-state index contributed by atoms with van der Waals surface area (Å²) in [6.45, 7) is 3.57. The van der Waals surface area contributed by atoms with E-state index in [4.69, 9.17) is 9.47 Å². The Balaban J connectivity index is 1.29. The van der Waals surface area contributed by atoms with Gasteiger partial charge in [0.1, 0.15) is 17.7 Å². The van der Waals surface area contributed by atoms with E-state index < -0.39 is 0 Å². The average Bonchev–Trinajstić information content (AvgIpc) is 2.75. The molecule has 6 rings (SSSR count). The predicted molar refractivity (Wildman–Crippen MR) is 107 cm³/mol. The van der Waals surface area contributed by atoms with E-state index in [1.807, 2.05) is 24.3 Å². The van der Waals surface area contributed by atoms with Gasteiger partial charge in [0.25, 0.3) is 0 Å². The molecule has 29 heavy (non-hydrogen) atoms. The number of ether oxygens (including phenoxy) is 2. The van der Waals surface area contributed by atoms with Crippen LogP contribution in [0.3, 0.4) is 0 Å². The Morgan fingerprint density at radius 2 is 1.97 bits per heavy atom. The first-order chi connectivity index (χ1) is 14.2. The van der Waals surface area contributed by atoms with Crippen LogP contribution in [0.4, 0.5) is 9.18 Å². The quantitative estimate of drug-likeness (QED) is 0.847. The molecule has 2 aromatic rings. The van der Waals surface area contributed by atoms with Crippen LogP contribution < -0.4 is 10.1 Å². The lowest BCUT2D eigenvalue weighted by molar-refractivity contribution is -0.0342. The highest BCUT2D eigenvalue weighted by molar-refractivity contribution is 5.70. The molecule has 0 aromatic heterocycles. The van der Waals surface area contributed by atoms with Gasteiger partial charge in [0.15, 0.2) is 0 Å². The molecule has 1 unspecified atom stereocenters. The zero-order valence-corrected chi connectivity index (χ0v) is 16.3. The van der Waals surface area contributed by atoms with Crippen LogP contribution in [0.25, 0.3) is 11.1 Å². The summed E-state index contributed by atoms with van der Waals surface area (Å²) in [5.41, 5.74) is 2.20. The third-order valence-electron chi connectivity index (χ3n) is 6.38. The van der Waals surface area contributed by atoms with Crippen molar-refractivity contribution in [3.63, 3.8) is 0 Å². The Bertz CT molecular complexity index is 911. The molecule has 4 aliphatic heterocycles. The number of amides is 1. The monoisotopic (exact) mass is 396 g/mol. The number of carbonyl (C=O) groups excluding carboxylic acids is 1. The Kier molecular flexibility index (Phi) is 4.87. The zero-order chi connectivity index (χ0) is 19.8. The number of piperidine rings is 3. The molecule has 3 saturated heterocycles. The number of fused-ring (bicyclic) bond motifs is 4. The summed E-state index contributed by atoms with van der Waals surface area (Å²) < 4.78 is 25.7. The standard InChI is InChI=1S/C23H25FN2O3/c24-19-4-2-1-3-17(19)16-5-6-18-20(9-12-28-21(18)13-16)25-23(27)29-22-14-26-10-7-15(22)8-11-26/h1-6,13,15,20,22H,7-12,14H2,(H,25,27)/t20?,22-/m0/s1. The Morgan fingerprint density at radius 1 is 1.14 bits per heavy atom. The van der Waals surface area contributed by atoms with Crippen LogP contribution in [0.15, 0.2) is 42.5 Å². The van der Waals surface area contributed by atoms with E-state index in [1.54, 1.807) is 12.1 Å². The van der Waals surface area contributed by atoms with Crippen molar-refractivity contribution in [3.8, 4) is 16.9 Å². The molecule has 2 atom stereocenters. The van der Waals surface area contributed by atoms with E-state index in [0.717, 1.165) is 43.6 Å². The summed E-state index contributed by atoms with van der Waals surface area (Å²) in [6, 6.07) is 12.2. The number of hydrogen-bond donors (Lipinski definition) is 1. The fourth-order valence-corrected chi connectivity index (χ4v) is 4.76. The Morgan fingerprint density at radius 3 is 2.72 bits per heavy atom. The minimum Gasteiger partial charge on any atom is -0.493 e. The van der Waals surface area contributed by atoms with Crippen molar-refractivity contribution >= 4 is 6.09 Å². The van der Waals surface area contributed by atoms with Gasteiger partial charge in [-0.15, -0.1) is 0 Å². The number of nitrogens with zero attached hydrogens (tertiary/aromatic N) is 1. The lowest BCUT2D eigenvalue weighted by Crippen LogP contribution is -2.52. The molecule has 152 valence electrons. The molecule has 0 spiro atoms. The van der Waals surface area contributed by atoms with E-state index >= 15 is 0 Å². The largest absolute Gasteiger partial charge is 0.493 e. The highest BCUT2D eigenvalue weighted by atomic mass is 19.1. The summed E-state index contributed by atoms with van der Waals surface area (Å²) in [7, 11) is 0. The topological polar surface area (TPSA) is 50.8 Å². The second-order valence-electron chi connectivity index (χ2n) is 8.15. The minimum atomic E-state index is -0.361. The Labute approximate surface area is 169 Å². The molecule has 1 amide bonds. The molecule has 2 bridgehead atoms. The smallest absolute Gasteiger partial charge is 0.407 e. The van der Waals surface area contributed by atoms with Gasteiger partial charge in [-0.05, 0) is 49.5 Å². The van der Waals surface area contributed by atoms with Gasteiger partial charge in [-0.25, -0.2) is 9.18 Å². The van der Waals surface area contributed by atoms with E-state index in [0.29, 0.717) is 30.3 Å². The summed E-state index contributed by atoms with van der Waals surface area (Å²) >= 11 is 0. The molecule has 4 aliphatic rings. The van der Waals surface area contributed by atoms with E-state index in [-0.39, 0.29) is 24.1 Å². The van der Waals surface area contributed by atoms with Gasteiger partial charge in [0.05, 0.1) is 12.6 Å². The second kappa shape index (κ2) is 7.67. The van der Waals surface area contributed by atoms with Crippen LogP contribution in [-0.2, 0) is 4.74 Å². The van der Waals surface area contributed by atoms with Crippen LogP contribution >= 0.6 is 0 Å². The molecule has 6 heteroatoms. The van der Waals surface area contributed by atoms with Gasteiger partial charge < -0.3 is 14.8 Å². The summed E-state index contributed by atoms with van der Waals surface area (Å²) in [5.74, 6) is 0.903.